The van der Waals surface area contributed by atoms with Gasteiger partial charge in [0.2, 0.25) is 11.8 Å². The molecule has 170 valence electrons. The van der Waals surface area contributed by atoms with E-state index in [4.69, 9.17) is 0 Å². The Balaban J connectivity index is 1.56. The van der Waals surface area contributed by atoms with E-state index < -0.39 is 5.97 Å². The van der Waals surface area contributed by atoms with Crippen LogP contribution in [0.2, 0.25) is 0 Å². The Morgan fingerprint density at radius 1 is 0.833 bits per heavy atom. The van der Waals surface area contributed by atoms with Gasteiger partial charge in [-0.25, -0.2) is 0 Å². The lowest BCUT2D eigenvalue weighted by molar-refractivity contribution is -0.141. The molecule has 2 saturated heterocycles. The van der Waals surface area contributed by atoms with Crippen LogP contribution in [0.5, 0.6) is 0 Å². The molecule has 0 aromatic carbocycles. The van der Waals surface area contributed by atoms with Crippen molar-refractivity contribution in [1.29, 1.82) is 0 Å². The first-order valence-corrected chi connectivity index (χ1v) is 11.9. The van der Waals surface area contributed by atoms with Gasteiger partial charge < -0.3 is 19.8 Å². The van der Waals surface area contributed by atoms with Crippen molar-refractivity contribution < 1.29 is 19.5 Å². The Kier molecular flexibility index (Phi) is 8.54. The van der Waals surface area contributed by atoms with Crippen molar-refractivity contribution in [3.63, 3.8) is 0 Å². The average Bonchev–Trinajstić information content (AvgIpc) is 2.98. The van der Waals surface area contributed by atoms with Gasteiger partial charge in [-0.2, -0.15) is 0 Å². The highest BCUT2D eigenvalue weighted by molar-refractivity contribution is 5.79. The molecular formula is C23H39N3O4. The van der Waals surface area contributed by atoms with Crippen LogP contribution in [0, 0.1) is 17.8 Å². The van der Waals surface area contributed by atoms with Crippen LogP contribution in [0.4, 0.5) is 0 Å². The lowest BCUT2D eigenvalue weighted by Crippen LogP contribution is -2.47. The Bertz CT molecular complexity index is 605. The van der Waals surface area contributed by atoms with E-state index in [9.17, 15) is 19.5 Å². The van der Waals surface area contributed by atoms with Gasteiger partial charge in [0, 0.05) is 52.0 Å². The van der Waals surface area contributed by atoms with Crippen molar-refractivity contribution in [1.82, 2.24) is 14.7 Å². The smallest absolute Gasteiger partial charge is 0.303 e. The fourth-order valence-electron chi connectivity index (χ4n) is 5.57. The highest BCUT2D eigenvalue weighted by atomic mass is 16.4. The monoisotopic (exact) mass is 421 g/mol. The van der Waals surface area contributed by atoms with Crippen molar-refractivity contribution in [2.75, 3.05) is 45.8 Å². The lowest BCUT2D eigenvalue weighted by Gasteiger charge is -2.40. The molecule has 2 atom stereocenters. The van der Waals surface area contributed by atoms with Crippen molar-refractivity contribution in [3.05, 3.63) is 0 Å². The average molecular weight is 422 g/mol. The molecule has 3 fully saturated rings. The van der Waals surface area contributed by atoms with Crippen molar-refractivity contribution in [2.24, 2.45) is 17.8 Å². The summed E-state index contributed by atoms with van der Waals surface area (Å²) in [5.74, 6) is 0.290. The third-order valence-electron chi connectivity index (χ3n) is 7.44. The van der Waals surface area contributed by atoms with Crippen LogP contribution >= 0.6 is 0 Å². The van der Waals surface area contributed by atoms with Crippen molar-refractivity contribution in [3.8, 4) is 0 Å². The predicted octanol–water partition coefficient (Wildman–Crippen LogP) is 2.45. The topological polar surface area (TPSA) is 81.2 Å². The minimum absolute atomic E-state index is 0.141. The van der Waals surface area contributed by atoms with Gasteiger partial charge in [-0.05, 0) is 57.0 Å². The van der Waals surface area contributed by atoms with Gasteiger partial charge in [0.15, 0.2) is 0 Å². The van der Waals surface area contributed by atoms with Gasteiger partial charge in [-0.15, -0.1) is 0 Å². The van der Waals surface area contributed by atoms with Crippen LogP contribution < -0.4 is 0 Å². The van der Waals surface area contributed by atoms with E-state index in [1.165, 1.54) is 6.42 Å². The van der Waals surface area contributed by atoms with Crippen LogP contribution in [-0.4, -0.2) is 83.4 Å². The first-order valence-electron chi connectivity index (χ1n) is 11.9. The summed E-state index contributed by atoms with van der Waals surface area (Å²) in [5, 5.41) is 9.37. The number of carbonyl (C=O) groups is 3. The van der Waals surface area contributed by atoms with E-state index >= 15 is 0 Å². The quantitative estimate of drug-likeness (QED) is 0.712. The van der Waals surface area contributed by atoms with Crippen LogP contribution in [0.15, 0.2) is 0 Å². The number of rotatable bonds is 6. The summed E-state index contributed by atoms with van der Waals surface area (Å²) in [6, 6.07) is 0. The Morgan fingerprint density at radius 2 is 1.60 bits per heavy atom. The van der Waals surface area contributed by atoms with Gasteiger partial charge >= 0.3 is 5.97 Å². The van der Waals surface area contributed by atoms with E-state index in [1.54, 1.807) is 6.92 Å². The van der Waals surface area contributed by atoms with Gasteiger partial charge in [0.25, 0.3) is 0 Å². The first-order chi connectivity index (χ1) is 14.4. The molecule has 30 heavy (non-hydrogen) atoms. The molecule has 0 aromatic rings. The Morgan fingerprint density at radius 3 is 2.30 bits per heavy atom. The highest BCUT2D eigenvalue weighted by Gasteiger charge is 2.35. The second-order valence-electron chi connectivity index (χ2n) is 9.52. The molecule has 3 rings (SSSR count). The first kappa shape index (κ1) is 23.0. The van der Waals surface area contributed by atoms with Crippen LogP contribution in [0.1, 0.15) is 64.7 Å². The summed E-state index contributed by atoms with van der Waals surface area (Å²) < 4.78 is 0. The van der Waals surface area contributed by atoms with Crippen LogP contribution in [0.25, 0.3) is 0 Å². The van der Waals surface area contributed by atoms with Crippen LogP contribution in [0.3, 0.4) is 0 Å². The Hall–Kier alpha value is -1.63. The minimum atomic E-state index is -0.732. The standard InChI is InChI=1S/C23H39N3O4/c1-18(27)25-11-5-10-24(14-15-25)12-8-21-17-26(13-9-20(21)16-22(28)29)23(30)19-6-3-2-4-7-19/h19-21H,2-17H2,1H3,(H,28,29). The fourth-order valence-corrected chi connectivity index (χ4v) is 5.57. The number of carbonyl (C=O) groups excluding carboxylic acids is 2. The van der Waals surface area contributed by atoms with E-state index in [0.29, 0.717) is 19.0 Å². The molecule has 0 aromatic heterocycles. The molecule has 1 N–H and O–H groups in total. The number of carboxylic acid groups (broad SMARTS) is 1. The maximum Gasteiger partial charge on any atom is 0.303 e. The zero-order valence-electron chi connectivity index (χ0n) is 18.6. The van der Waals surface area contributed by atoms with E-state index in [2.05, 4.69) is 4.90 Å². The number of nitrogens with zero attached hydrogens (tertiary/aromatic N) is 3. The largest absolute Gasteiger partial charge is 0.481 e. The number of aliphatic carboxylic acids is 1. The van der Waals surface area contributed by atoms with Crippen molar-refractivity contribution in [2.45, 2.75) is 64.7 Å². The van der Waals surface area contributed by atoms with E-state index in [0.717, 1.165) is 77.7 Å². The molecule has 0 spiro atoms. The zero-order chi connectivity index (χ0) is 21.5. The molecule has 3 aliphatic rings. The molecule has 1 aliphatic carbocycles. The molecule has 2 aliphatic heterocycles. The third kappa shape index (κ3) is 6.43. The number of amides is 2. The molecular weight excluding hydrogens is 382 g/mol. The zero-order valence-corrected chi connectivity index (χ0v) is 18.6. The summed E-state index contributed by atoms with van der Waals surface area (Å²) >= 11 is 0. The SMILES string of the molecule is CC(=O)N1CCCN(CCC2CN(C(=O)C3CCCCC3)CCC2CC(=O)O)CC1. The third-order valence-corrected chi connectivity index (χ3v) is 7.44. The molecule has 0 bridgehead atoms. The van der Waals surface area contributed by atoms with Gasteiger partial charge in [0.1, 0.15) is 0 Å². The van der Waals surface area contributed by atoms with Gasteiger partial charge in [-0.1, -0.05) is 19.3 Å². The summed E-state index contributed by atoms with van der Waals surface area (Å²) in [4.78, 5) is 42.5. The number of hydrogen-bond acceptors (Lipinski definition) is 4. The second-order valence-corrected chi connectivity index (χ2v) is 9.52. The van der Waals surface area contributed by atoms with Crippen molar-refractivity contribution >= 4 is 17.8 Å². The maximum absolute atomic E-state index is 13.0. The van der Waals surface area contributed by atoms with E-state index in [1.807, 2.05) is 9.80 Å². The highest BCUT2D eigenvalue weighted by Crippen LogP contribution is 2.32. The van der Waals surface area contributed by atoms with Gasteiger partial charge in [-0.3, -0.25) is 14.4 Å². The molecule has 0 radical (unpaired) electrons. The molecule has 1 saturated carbocycles. The fraction of sp³-hybridized carbons (Fsp3) is 0.870. The summed E-state index contributed by atoms with van der Waals surface area (Å²) in [7, 11) is 0. The number of carboxylic acids is 1. The molecule has 2 unspecified atom stereocenters. The normalized spacial score (nSPS) is 27.0. The molecule has 2 heterocycles. The number of piperidine rings is 1. The minimum Gasteiger partial charge on any atom is -0.481 e. The van der Waals surface area contributed by atoms with E-state index in [-0.39, 0.29) is 30.1 Å². The molecule has 7 nitrogen and oxygen atoms in total. The van der Waals surface area contributed by atoms with Crippen LogP contribution in [-0.2, 0) is 14.4 Å². The summed E-state index contributed by atoms with van der Waals surface area (Å²) in [5.41, 5.74) is 0. The Labute approximate surface area is 180 Å². The summed E-state index contributed by atoms with van der Waals surface area (Å²) in [6.45, 7) is 7.41. The lowest BCUT2D eigenvalue weighted by atomic mass is 9.80. The second kappa shape index (κ2) is 11.1. The molecule has 7 heteroatoms. The molecule has 2 amide bonds. The number of hydrogen-bond donors (Lipinski definition) is 1. The predicted molar refractivity (Wildman–Crippen MR) is 115 cm³/mol. The summed E-state index contributed by atoms with van der Waals surface area (Å²) in [6.07, 6.45) is 8.48. The number of likely N-dealkylation sites (tertiary alicyclic amines) is 1. The maximum atomic E-state index is 13.0. The van der Waals surface area contributed by atoms with Gasteiger partial charge in [0.05, 0.1) is 0 Å².